The molecule has 0 fully saturated rings. The molecule has 0 aliphatic carbocycles. The average molecular weight is 414 g/mol. The highest BCUT2D eigenvalue weighted by Gasteiger charge is 2.20. The summed E-state index contributed by atoms with van der Waals surface area (Å²) in [5.74, 6) is 3.41. The van der Waals surface area contributed by atoms with Gasteiger partial charge in [0.1, 0.15) is 47.0 Å². The molecule has 0 N–H and O–H groups in total. The average Bonchev–Trinajstić information content (AvgIpc) is 2.72. The number of methoxy groups -OCH3 is 5. The molecule has 0 spiro atoms. The third-order valence-electron chi connectivity index (χ3n) is 3.31. The van der Waals surface area contributed by atoms with E-state index >= 15 is 0 Å². The fourth-order valence-corrected chi connectivity index (χ4v) is 2.22. The maximum absolute atomic E-state index is 5.43. The number of nitrogens with zero attached hydrogens (tertiary/aromatic N) is 6. The fraction of sp³-hybridized carbons (Fsp3) is 0.706. The summed E-state index contributed by atoms with van der Waals surface area (Å²) in [6.45, 7) is 1.29. The Kier molecular flexibility index (Phi) is 12.5. The maximum atomic E-state index is 5.43. The first-order valence-corrected chi connectivity index (χ1v) is 8.61. The van der Waals surface area contributed by atoms with Crippen LogP contribution in [0.4, 0.5) is 17.8 Å². The Bertz CT molecular complexity index is 570. The van der Waals surface area contributed by atoms with Crippen molar-refractivity contribution in [1.29, 1.82) is 0 Å². The predicted octanol–water partition coefficient (Wildman–Crippen LogP) is -0.0824. The lowest BCUT2D eigenvalue weighted by atomic mass is 10.6. The van der Waals surface area contributed by atoms with E-state index in [4.69, 9.17) is 34.8 Å². The van der Waals surface area contributed by atoms with Gasteiger partial charge in [-0.15, -0.1) is 6.42 Å². The van der Waals surface area contributed by atoms with E-state index in [2.05, 4.69) is 20.9 Å². The molecule has 1 rings (SSSR count). The molecule has 0 saturated carbocycles. The Morgan fingerprint density at radius 3 is 1.21 bits per heavy atom. The Labute approximate surface area is 171 Å². The van der Waals surface area contributed by atoms with Crippen LogP contribution in [0.5, 0.6) is 0 Å². The molecule has 0 saturated heterocycles. The minimum Gasteiger partial charge on any atom is -0.364 e. The zero-order valence-electron chi connectivity index (χ0n) is 17.7. The number of anilines is 3. The Balaban J connectivity index is 3.37. The molecule has 1 aromatic heterocycles. The van der Waals surface area contributed by atoms with Crippen molar-refractivity contribution >= 4 is 17.8 Å². The summed E-state index contributed by atoms with van der Waals surface area (Å²) >= 11 is 0. The van der Waals surface area contributed by atoms with Gasteiger partial charge in [-0.3, -0.25) is 14.7 Å². The van der Waals surface area contributed by atoms with Crippen molar-refractivity contribution in [3.63, 3.8) is 0 Å². The van der Waals surface area contributed by atoms with Crippen LogP contribution in [-0.4, -0.2) is 97.5 Å². The topological polar surface area (TPSA) is 104 Å². The molecule has 0 radical (unpaired) electrons. The monoisotopic (exact) mass is 414 g/mol. The van der Waals surface area contributed by atoms with Crippen LogP contribution < -0.4 is 14.7 Å². The van der Waals surface area contributed by atoms with Crippen molar-refractivity contribution in [3.8, 4) is 12.3 Å². The van der Waals surface area contributed by atoms with Crippen molar-refractivity contribution in [3.05, 3.63) is 0 Å². The van der Waals surface area contributed by atoms with Crippen LogP contribution in [0.3, 0.4) is 0 Å². The van der Waals surface area contributed by atoms with E-state index in [0.29, 0.717) is 17.8 Å². The molecule has 0 bridgehead atoms. The highest BCUT2D eigenvalue weighted by atomic mass is 16.5. The van der Waals surface area contributed by atoms with Crippen molar-refractivity contribution in [2.45, 2.75) is 0 Å². The van der Waals surface area contributed by atoms with E-state index in [0.717, 1.165) is 0 Å². The zero-order valence-corrected chi connectivity index (χ0v) is 17.7. The molecule has 12 heteroatoms. The number of hydrogen-bond acceptors (Lipinski definition) is 12. The van der Waals surface area contributed by atoms with Crippen LogP contribution in [0.2, 0.25) is 0 Å². The number of rotatable bonds is 16. The molecule has 0 aromatic carbocycles. The van der Waals surface area contributed by atoms with E-state index in [1.807, 2.05) is 0 Å². The summed E-state index contributed by atoms with van der Waals surface area (Å²) < 4.78 is 31.6. The Hall–Kier alpha value is -2.27. The summed E-state index contributed by atoms with van der Waals surface area (Å²) in [7, 11) is 7.83. The smallest absolute Gasteiger partial charge is 0.235 e. The van der Waals surface area contributed by atoms with Gasteiger partial charge < -0.3 is 28.4 Å². The van der Waals surface area contributed by atoms with Gasteiger partial charge in [0.15, 0.2) is 0 Å². The molecule has 0 atom stereocenters. The Morgan fingerprint density at radius 2 is 0.931 bits per heavy atom. The van der Waals surface area contributed by atoms with Gasteiger partial charge in [-0.2, -0.15) is 15.0 Å². The molecule has 1 heterocycles. The lowest BCUT2D eigenvalue weighted by molar-refractivity contribution is 0.122. The quantitative estimate of drug-likeness (QED) is 0.205. The van der Waals surface area contributed by atoms with Crippen LogP contribution >= 0.6 is 0 Å². The standard InChI is InChI=1S/C17H30N6O6/c1-7-8-29-14-23(13-28-6)17-19-15(21(9-24-2)10-25-3)18-16(20-17)22(11-26-4)12-27-5/h1H,8-14H2,2-6H3. The molecule has 0 aliphatic heterocycles. The Morgan fingerprint density at radius 1 is 0.621 bits per heavy atom. The van der Waals surface area contributed by atoms with E-state index < -0.39 is 0 Å². The maximum Gasteiger partial charge on any atom is 0.235 e. The second-order valence-electron chi connectivity index (χ2n) is 5.63. The van der Waals surface area contributed by atoms with Crippen LogP contribution in [0.25, 0.3) is 0 Å². The third-order valence-corrected chi connectivity index (χ3v) is 3.31. The first-order valence-electron chi connectivity index (χ1n) is 8.61. The van der Waals surface area contributed by atoms with Crippen LogP contribution in [-0.2, 0) is 28.4 Å². The van der Waals surface area contributed by atoms with Crippen LogP contribution in [0.15, 0.2) is 0 Å². The van der Waals surface area contributed by atoms with Gasteiger partial charge in [0, 0.05) is 35.5 Å². The second-order valence-corrected chi connectivity index (χ2v) is 5.63. The fourth-order valence-electron chi connectivity index (χ4n) is 2.22. The molecular formula is C17H30N6O6. The van der Waals surface area contributed by atoms with Crippen molar-refractivity contribution < 1.29 is 28.4 Å². The first kappa shape index (κ1) is 24.8. The summed E-state index contributed by atoms with van der Waals surface area (Å²) in [6, 6.07) is 0. The van der Waals surface area contributed by atoms with E-state index in [1.54, 1.807) is 50.2 Å². The van der Waals surface area contributed by atoms with Crippen LogP contribution in [0.1, 0.15) is 0 Å². The molecule has 164 valence electrons. The molecule has 1 aromatic rings. The molecule has 12 nitrogen and oxygen atoms in total. The van der Waals surface area contributed by atoms with E-state index in [9.17, 15) is 0 Å². The predicted molar refractivity (Wildman–Crippen MR) is 106 cm³/mol. The largest absolute Gasteiger partial charge is 0.364 e. The highest BCUT2D eigenvalue weighted by Crippen LogP contribution is 2.19. The summed E-state index contributed by atoms with van der Waals surface area (Å²) in [5.41, 5.74) is 0. The van der Waals surface area contributed by atoms with Crippen molar-refractivity contribution in [1.82, 2.24) is 15.0 Å². The molecule has 0 aliphatic rings. The molecular weight excluding hydrogens is 384 g/mol. The summed E-state index contributed by atoms with van der Waals surface area (Å²) in [5, 5.41) is 0. The van der Waals surface area contributed by atoms with Gasteiger partial charge in [-0.05, 0) is 0 Å². The van der Waals surface area contributed by atoms with Gasteiger partial charge in [-0.25, -0.2) is 0 Å². The molecule has 0 amide bonds. The lowest BCUT2D eigenvalue weighted by Crippen LogP contribution is -2.36. The summed E-state index contributed by atoms with van der Waals surface area (Å²) in [4.78, 5) is 18.6. The molecule has 0 unspecified atom stereocenters. The van der Waals surface area contributed by atoms with Crippen LogP contribution in [0, 0.1) is 12.3 Å². The SMILES string of the molecule is C#CCOCN(COC)c1nc(N(COC)COC)nc(N(COC)COC)n1. The lowest BCUT2D eigenvalue weighted by Gasteiger charge is -2.27. The van der Waals surface area contributed by atoms with E-state index in [-0.39, 0.29) is 47.0 Å². The highest BCUT2D eigenvalue weighted by molar-refractivity contribution is 5.45. The number of terminal acetylenes is 1. The minimum absolute atomic E-state index is 0.129. The minimum atomic E-state index is 0.129. The number of aromatic nitrogens is 3. The van der Waals surface area contributed by atoms with Crippen molar-refractivity contribution in [2.75, 3.05) is 97.2 Å². The normalized spacial score (nSPS) is 10.6. The number of hydrogen-bond donors (Lipinski definition) is 0. The third kappa shape index (κ3) is 8.32. The van der Waals surface area contributed by atoms with Gasteiger partial charge in [-0.1, -0.05) is 5.92 Å². The molecule has 29 heavy (non-hydrogen) atoms. The van der Waals surface area contributed by atoms with Gasteiger partial charge in [0.25, 0.3) is 0 Å². The van der Waals surface area contributed by atoms with Gasteiger partial charge >= 0.3 is 0 Å². The van der Waals surface area contributed by atoms with E-state index in [1.165, 1.54) is 0 Å². The summed E-state index contributed by atoms with van der Waals surface area (Å²) in [6.07, 6.45) is 5.25. The first-order chi connectivity index (χ1) is 14.1. The van der Waals surface area contributed by atoms with Crippen molar-refractivity contribution in [2.24, 2.45) is 0 Å². The zero-order chi connectivity index (χ0) is 21.5. The van der Waals surface area contributed by atoms with Gasteiger partial charge in [0.2, 0.25) is 17.8 Å². The number of ether oxygens (including phenoxy) is 6. The second kappa shape index (κ2) is 14.7. The van der Waals surface area contributed by atoms with Gasteiger partial charge in [0.05, 0.1) is 0 Å².